The number of hydrogen-bond acceptors (Lipinski definition) is 5. The summed E-state index contributed by atoms with van der Waals surface area (Å²) in [4.78, 5) is 24.9. The van der Waals surface area contributed by atoms with Gasteiger partial charge in [-0.15, -0.1) is 0 Å². The highest BCUT2D eigenvalue weighted by atomic mass is 16.3. The van der Waals surface area contributed by atoms with Crippen molar-refractivity contribution in [3.63, 3.8) is 0 Å². The lowest BCUT2D eigenvalue weighted by molar-refractivity contribution is 0.0913. The maximum atomic E-state index is 13.0. The smallest absolute Gasteiger partial charge is 0.207 e. The van der Waals surface area contributed by atoms with E-state index in [0.29, 0.717) is 5.52 Å². The lowest BCUT2D eigenvalue weighted by Gasteiger charge is -2.11. The van der Waals surface area contributed by atoms with Gasteiger partial charge in [-0.3, -0.25) is 14.9 Å². The molecule has 7 heteroatoms. The number of aliphatic hydroxyl groups excluding tert-OH is 1. The Labute approximate surface area is 171 Å². The molecule has 3 aromatic heterocycles. The maximum Gasteiger partial charge on any atom is 0.207 e. The van der Waals surface area contributed by atoms with Gasteiger partial charge in [0.1, 0.15) is 5.69 Å². The molecule has 0 spiro atoms. The number of rotatable bonds is 5. The van der Waals surface area contributed by atoms with Gasteiger partial charge < -0.3 is 10.1 Å². The van der Waals surface area contributed by atoms with Gasteiger partial charge in [-0.1, -0.05) is 30.3 Å². The number of fused-ring (bicyclic) bond motifs is 2. The number of nitrogens with one attached hydrogen (secondary N) is 2. The minimum absolute atomic E-state index is 0.231. The number of aliphatic hydroxyl groups is 1. The molecule has 148 valence electrons. The summed E-state index contributed by atoms with van der Waals surface area (Å²) in [5.74, 6) is -0.671. The third-order valence-corrected chi connectivity index (χ3v) is 5.27. The zero-order chi connectivity index (χ0) is 20.7. The molecule has 0 bridgehead atoms. The maximum absolute atomic E-state index is 13.0. The van der Waals surface area contributed by atoms with Crippen LogP contribution in [0.3, 0.4) is 0 Å². The van der Waals surface area contributed by atoms with Gasteiger partial charge in [-0.2, -0.15) is 5.10 Å². The van der Waals surface area contributed by atoms with E-state index in [1.807, 2.05) is 61.5 Å². The predicted molar refractivity (Wildman–Crippen MR) is 114 cm³/mol. The third kappa shape index (κ3) is 3.05. The Morgan fingerprint density at radius 1 is 1.10 bits per heavy atom. The zero-order valence-corrected chi connectivity index (χ0v) is 16.3. The van der Waals surface area contributed by atoms with E-state index in [4.69, 9.17) is 0 Å². The van der Waals surface area contributed by atoms with Gasteiger partial charge in [-0.05, 0) is 36.8 Å². The fraction of sp³-hybridized carbons (Fsp3) is 0.130. The fourth-order valence-electron chi connectivity index (χ4n) is 3.74. The number of nitrogens with zero attached hydrogens (tertiary/aromatic N) is 3. The molecule has 2 aromatic carbocycles. The summed E-state index contributed by atoms with van der Waals surface area (Å²) in [6.07, 6.45) is 1.76. The summed E-state index contributed by atoms with van der Waals surface area (Å²) in [5.41, 5.74) is 5.69. The second-order valence-corrected chi connectivity index (χ2v) is 7.27. The molecule has 0 saturated heterocycles. The van der Waals surface area contributed by atoms with Crippen LogP contribution in [0.4, 0.5) is 0 Å². The van der Waals surface area contributed by atoms with Crippen LogP contribution in [0.25, 0.3) is 33.2 Å². The molecular formula is C23H19N5O2. The van der Waals surface area contributed by atoms with Gasteiger partial charge >= 0.3 is 0 Å². The largest absolute Gasteiger partial charge is 0.395 e. The molecule has 1 atom stereocenters. The number of hydrogen-bond donors (Lipinski definition) is 3. The van der Waals surface area contributed by atoms with Crippen molar-refractivity contribution in [2.75, 3.05) is 6.61 Å². The number of H-pyrrole nitrogens is 2. The predicted octanol–water partition coefficient (Wildman–Crippen LogP) is 3.77. The number of Topliss-reactive ketones (excluding diaryl/α,β-unsaturated/α-hetero) is 1. The summed E-state index contributed by atoms with van der Waals surface area (Å²) in [7, 11) is 0. The Kier molecular flexibility index (Phi) is 4.37. The van der Waals surface area contributed by atoms with E-state index in [1.54, 1.807) is 6.20 Å². The van der Waals surface area contributed by atoms with Gasteiger partial charge in [-0.25, -0.2) is 4.98 Å². The highest BCUT2D eigenvalue weighted by Crippen LogP contribution is 2.30. The van der Waals surface area contributed by atoms with E-state index >= 15 is 0 Å². The first-order valence-electron chi connectivity index (χ1n) is 9.65. The molecule has 7 nitrogen and oxygen atoms in total. The molecule has 0 aliphatic rings. The van der Waals surface area contributed by atoms with Crippen molar-refractivity contribution in [1.29, 1.82) is 0 Å². The molecule has 0 amide bonds. The molecule has 0 fully saturated rings. The number of aromatic amines is 2. The quantitative estimate of drug-likeness (QED) is 0.391. The molecule has 0 aliphatic heterocycles. The van der Waals surface area contributed by atoms with Crippen molar-refractivity contribution in [2.45, 2.75) is 12.8 Å². The first kappa shape index (κ1) is 18.2. The van der Waals surface area contributed by atoms with Crippen molar-refractivity contribution >= 4 is 27.7 Å². The standard InChI is InChI=1S/C23H19N5O2/c1-13-9-15(7-8-24-13)21-16-10-19-20(11-18(16)27-28-21)26-23(25-19)22(30)17(12-29)14-5-3-2-4-6-14/h2-11,17,29H,12H2,1H3,(H,25,26)(H,27,28)/t17-/m1/s1. The molecule has 5 aromatic rings. The Bertz CT molecular complexity index is 1370. The average molecular weight is 397 g/mol. The summed E-state index contributed by atoms with van der Waals surface area (Å²) < 4.78 is 0. The number of ketones is 1. The van der Waals surface area contributed by atoms with Crippen molar-refractivity contribution in [2.24, 2.45) is 0 Å². The van der Waals surface area contributed by atoms with Crippen LogP contribution in [0.2, 0.25) is 0 Å². The first-order chi connectivity index (χ1) is 14.6. The number of aromatic nitrogens is 5. The topological polar surface area (TPSA) is 108 Å². The summed E-state index contributed by atoms with van der Waals surface area (Å²) in [6, 6.07) is 16.9. The van der Waals surface area contributed by atoms with Crippen LogP contribution >= 0.6 is 0 Å². The Hall–Kier alpha value is -3.84. The van der Waals surface area contributed by atoms with Crippen LogP contribution in [0.5, 0.6) is 0 Å². The van der Waals surface area contributed by atoms with Crippen molar-refractivity contribution in [3.05, 3.63) is 77.9 Å². The van der Waals surface area contributed by atoms with Crippen molar-refractivity contribution in [1.82, 2.24) is 25.1 Å². The molecule has 0 saturated carbocycles. The number of pyridine rings is 1. The molecule has 0 unspecified atom stereocenters. The van der Waals surface area contributed by atoms with E-state index in [9.17, 15) is 9.90 Å². The third-order valence-electron chi connectivity index (χ3n) is 5.27. The summed E-state index contributed by atoms with van der Waals surface area (Å²) in [6.45, 7) is 1.66. The summed E-state index contributed by atoms with van der Waals surface area (Å²) >= 11 is 0. The van der Waals surface area contributed by atoms with Crippen LogP contribution in [-0.2, 0) is 0 Å². The molecule has 3 heterocycles. The van der Waals surface area contributed by atoms with E-state index in [1.165, 1.54) is 0 Å². The van der Waals surface area contributed by atoms with Gasteiger partial charge in [0.25, 0.3) is 0 Å². The zero-order valence-electron chi connectivity index (χ0n) is 16.3. The van der Waals surface area contributed by atoms with E-state index in [-0.39, 0.29) is 18.2 Å². The first-order valence-corrected chi connectivity index (χ1v) is 9.65. The van der Waals surface area contributed by atoms with Gasteiger partial charge in [0.15, 0.2) is 5.82 Å². The lowest BCUT2D eigenvalue weighted by Crippen LogP contribution is -2.18. The molecule has 5 rings (SSSR count). The van der Waals surface area contributed by atoms with Crippen LogP contribution < -0.4 is 0 Å². The number of benzene rings is 2. The molecule has 30 heavy (non-hydrogen) atoms. The van der Waals surface area contributed by atoms with Gasteiger partial charge in [0.05, 0.1) is 29.1 Å². The lowest BCUT2D eigenvalue weighted by atomic mass is 9.95. The molecule has 3 N–H and O–H groups in total. The highest BCUT2D eigenvalue weighted by Gasteiger charge is 2.24. The highest BCUT2D eigenvalue weighted by molar-refractivity contribution is 6.04. The minimum Gasteiger partial charge on any atom is -0.395 e. The second kappa shape index (κ2) is 7.20. The molecule has 0 radical (unpaired) electrons. The fourth-order valence-corrected chi connectivity index (χ4v) is 3.74. The van der Waals surface area contributed by atoms with Crippen LogP contribution in [0, 0.1) is 6.92 Å². The normalized spacial score (nSPS) is 12.5. The van der Waals surface area contributed by atoms with Crippen molar-refractivity contribution < 1.29 is 9.90 Å². The van der Waals surface area contributed by atoms with Crippen molar-refractivity contribution in [3.8, 4) is 11.3 Å². The average Bonchev–Trinajstić information content (AvgIpc) is 3.36. The summed E-state index contributed by atoms with van der Waals surface area (Å²) in [5, 5.41) is 18.2. The van der Waals surface area contributed by atoms with E-state index in [0.717, 1.165) is 38.9 Å². The second-order valence-electron chi connectivity index (χ2n) is 7.27. The van der Waals surface area contributed by atoms with Crippen LogP contribution in [0.15, 0.2) is 60.8 Å². The Morgan fingerprint density at radius 2 is 1.93 bits per heavy atom. The van der Waals surface area contributed by atoms with E-state index in [2.05, 4.69) is 25.1 Å². The molecular weight excluding hydrogens is 378 g/mol. The Morgan fingerprint density at radius 3 is 2.70 bits per heavy atom. The number of carbonyl (C=O) groups excluding carboxylic acids is 1. The number of aryl methyl sites for hydroxylation is 1. The number of imidazole rings is 1. The number of carbonyl (C=O) groups is 1. The SMILES string of the molecule is Cc1cc(-c2n[nH]c3cc4[nH]c(C(=O)[C@H](CO)c5ccccc5)nc4cc23)ccn1. The van der Waals surface area contributed by atoms with Gasteiger partial charge in [0.2, 0.25) is 5.78 Å². The monoisotopic (exact) mass is 397 g/mol. The van der Waals surface area contributed by atoms with Crippen LogP contribution in [-0.4, -0.2) is 42.6 Å². The van der Waals surface area contributed by atoms with E-state index < -0.39 is 5.92 Å². The Balaban J connectivity index is 1.57. The van der Waals surface area contributed by atoms with Crippen LogP contribution in [0.1, 0.15) is 27.8 Å². The minimum atomic E-state index is -0.659. The molecule has 0 aliphatic carbocycles. The van der Waals surface area contributed by atoms with Gasteiger partial charge in [0, 0.05) is 22.8 Å².